The average Bonchev–Trinajstić information content (AvgIpc) is 3.47. The van der Waals surface area contributed by atoms with Gasteiger partial charge in [0.1, 0.15) is 5.69 Å². The Hall–Kier alpha value is -3.44. The Kier molecular flexibility index (Phi) is 9.00. The van der Waals surface area contributed by atoms with E-state index in [1.807, 2.05) is 51.2 Å². The normalized spacial score (nSPS) is 15.7. The van der Waals surface area contributed by atoms with E-state index in [0.717, 1.165) is 70.4 Å². The maximum Gasteiger partial charge on any atom is 0.116 e. The summed E-state index contributed by atoms with van der Waals surface area (Å²) in [5.74, 6) is 0.510. The minimum absolute atomic E-state index is 0.510. The number of rotatable bonds is 6. The summed E-state index contributed by atoms with van der Waals surface area (Å²) in [6.45, 7) is 18.5. The molecule has 4 heterocycles. The van der Waals surface area contributed by atoms with E-state index in [1.54, 1.807) is 6.08 Å². The summed E-state index contributed by atoms with van der Waals surface area (Å²) in [6, 6.07) is 8.09. The van der Waals surface area contributed by atoms with E-state index in [-0.39, 0.29) is 0 Å². The van der Waals surface area contributed by atoms with Crippen molar-refractivity contribution in [3.05, 3.63) is 88.9 Å². The molecule has 1 aliphatic heterocycles. The summed E-state index contributed by atoms with van der Waals surface area (Å²) in [5, 5.41) is 13.4. The molecule has 1 fully saturated rings. The van der Waals surface area contributed by atoms with Crippen LogP contribution < -0.4 is 15.9 Å². The second-order valence-electron chi connectivity index (χ2n) is 8.18. The monoisotopic (exact) mass is 455 g/mol. The van der Waals surface area contributed by atoms with Gasteiger partial charge in [-0.05, 0) is 70.0 Å². The number of hydrogen-bond acceptors (Lipinski definition) is 3. The zero-order valence-electron chi connectivity index (χ0n) is 20.9. The number of aryl methyl sites for hydroxylation is 1. The van der Waals surface area contributed by atoms with Gasteiger partial charge in [-0.15, -0.1) is 0 Å². The highest BCUT2D eigenvalue weighted by Gasteiger charge is 2.17. The van der Waals surface area contributed by atoms with Gasteiger partial charge >= 0.3 is 0 Å². The van der Waals surface area contributed by atoms with Gasteiger partial charge in [-0.1, -0.05) is 56.9 Å². The Bertz CT molecular complexity index is 1250. The topological polar surface area (TPSA) is 69.4 Å². The van der Waals surface area contributed by atoms with Crippen LogP contribution in [-0.2, 0) is 0 Å². The fourth-order valence-electron chi connectivity index (χ4n) is 4.35. The van der Waals surface area contributed by atoms with Crippen molar-refractivity contribution in [1.29, 1.82) is 0 Å². The van der Waals surface area contributed by atoms with Crippen LogP contribution in [0.4, 0.5) is 0 Å². The highest BCUT2D eigenvalue weighted by atomic mass is 15.1. The van der Waals surface area contributed by atoms with Gasteiger partial charge in [0.25, 0.3) is 0 Å². The first-order chi connectivity index (χ1) is 16.6. The zero-order chi connectivity index (χ0) is 24.5. The molecular formula is C29H37N5. The fraction of sp³-hybridized carbons (Fsp3) is 0.310. The third-order valence-electron chi connectivity index (χ3n) is 6.10. The average molecular weight is 456 g/mol. The van der Waals surface area contributed by atoms with Crippen LogP contribution in [0.2, 0.25) is 0 Å². The van der Waals surface area contributed by atoms with Crippen LogP contribution in [-0.4, -0.2) is 33.3 Å². The number of nitrogens with zero attached hydrogens (tertiary/aromatic N) is 2. The molecule has 178 valence electrons. The third-order valence-corrected chi connectivity index (χ3v) is 6.10. The summed E-state index contributed by atoms with van der Waals surface area (Å²) in [7, 11) is 0. The van der Waals surface area contributed by atoms with Crippen LogP contribution in [0.1, 0.15) is 50.6 Å². The number of aromatic nitrogens is 4. The molecular weight excluding hydrogens is 418 g/mol. The Balaban J connectivity index is 0.00000158. The molecule has 0 bridgehead atoms. The van der Waals surface area contributed by atoms with Crippen molar-refractivity contribution in [2.24, 2.45) is 5.92 Å². The van der Waals surface area contributed by atoms with E-state index in [2.05, 4.69) is 63.8 Å². The lowest BCUT2D eigenvalue weighted by Gasteiger charge is -2.22. The third kappa shape index (κ3) is 5.54. The van der Waals surface area contributed by atoms with E-state index >= 15 is 0 Å². The van der Waals surface area contributed by atoms with E-state index in [0.29, 0.717) is 5.92 Å². The quantitative estimate of drug-likeness (QED) is 0.464. The molecule has 0 amide bonds. The first-order valence-corrected chi connectivity index (χ1v) is 12.2. The van der Waals surface area contributed by atoms with Crippen molar-refractivity contribution in [1.82, 2.24) is 25.5 Å². The van der Waals surface area contributed by atoms with Crippen LogP contribution in [0.25, 0.3) is 29.1 Å². The van der Waals surface area contributed by atoms with Crippen LogP contribution in [0, 0.1) is 12.8 Å². The molecule has 3 N–H and O–H groups in total. The van der Waals surface area contributed by atoms with Gasteiger partial charge in [0.15, 0.2) is 0 Å². The summed E-state index contributed by atoms with van der Waals surface area (Å²) in [6.07, 6.45) is 12.1. The molecule has 5 heteroatoms. The molecule has 3 aromatic heterocycles. The van der Waals surface area contributed by atoms with Gasteiger partial charge in [0.2, 0.25) is 0 Å². The first kappa shape index (κ1) is 25.2. The van der Waals surface area contributed by atoms with Gasteiger partial charge < -0.3 is 10.3 Å². The van der Waals surface area contributed by atoms with Crippen molar-refractivity contribution >= 4 is 17.7 Å². The fourth-order valence-corrected chi connectivity index (χ4v) is 4.35. The predicted octanol–water partition coefficient (Wildman–Crippen LogP) is 4.89. The largest absolute Gasteiger partial charge is 0.357 e. The number of allylic oxidation sites excluding steroid dienone is 3. The van der Waals surface area contributed by atoms with Crippen LogP contribution >= 0.6 is 0 Å². The minimum atomic E-state index is 0.510. The van der Waals surface area contributed by atoms with Crippen molar-refractivity contribution in [3.63, 3.8) is 0 Å². The van der Waals surface area contributed by atoms with Gasteiger partial charge in [-0.3, -0.25) is 10.1 Å². The summed E-state index contributed by atoms with van der Waals surface area (Å²) < 4.78 is 0. The highest BCUT2D eigenvalue weighted by Crippen LogP contribution is 2.28. The molecule has 4 rings (SSSR count). The van der Waals surface area contributed by atoms with Gasteiger partial charge in [0.05, 0.1) is 16.7 Å². The Labute approximate surface area is 203 Å². The Morgan fingerprint density at radius 1 is 1.18 bits per heavy atom. The standard InChI is InChI=1S/C27H31N5.C2H6/c1-5-9-21(25-10-7-8-13-29-25)22-17-26(30-19(22)4)27-23(24(6-2)31-32-27)16-18(3)20-11-14-28-15-12-20;1-2/h5-10,13,16-17,20,28,30-31H,1,3,11-12,14-15H2,2,4H3;1-2H3/b21-9+,23-16+,24-6+;. The summed E-state index contributed by atoms with van der Waals surface area (Å²) >= 11 is 0. The second kappa shape index (κ2) is 12.1. The number of H-pyrrole nitrogens is 2. The maximum atomic E-state index is 4.66. The number of aromatic amines is 2. The molecule has 0 radical (unpaired) electrons. The van der Waals surface area contributed by atoms with Gasteiger partial charge in [-0.25, -0.2) is 0 Å². The molecule has 0 spiro atoms. The SMILES string of the molecule is C=C/C=C(/c1ccccn1)c1cc(-c2n[nH]c(=C/C)/c2=C\C(=C)C2CCNCC2)[nH]c1C.CC. The Morgan fingerprint density at radius 3 is 2.59 bits per heavy atom. The smallest absolute Gasteiger partial charge is 0.116 e. The molecule has 0 saturated carbocycles. The van der Waals surface area contributed by atoms with Crippen molar-refractivity contribution < 1.29 is 0 Å². The zero-order valence-corrected chi connectivity index (χ0v) is 20.9. The maximum absolute atomic E-state index is 4.66. The lowest BCUT2D eigenvalue weighted by Crippen LogP contribution is -2.29. The molecule has 1 aliphatic rings. The van der Waals surface area contributed by atoms with E-state index in [4.69, 9.17) is 0 Å². The molecule has 0 unspecified atom stereocenters. The van der Waals surface area contributed by atoms with Gasteiger partial charge in [0, 0.05) is 28.2 Å². The van der Waals surface area contributed by atoms with Gasteiger partial charge in [-0.2, -0.15) is 5.10 Å². The summed E-state index contributed by atoms with van der Waals surface area (Å²) in [5.41, 5.74) is 7.14. The van der Waals surface area contributed by atoms with Crippen molar-refractivity contribution in [3.8, 4) is 11.4 Å². The van der Waals surface area contributed by atoms with E-state index < -0.39 is 0 Å². The molecule has 1 saturated heterocycles. The predicted molar refractivity (Wildman–Crippen MR) is 145 cm³/mol. The van der Waals surface area contributed by atoms with Crippen molar-refractivity contribution in [2.45, 2.75) is 40.5 Å². The molecule has 0 aromatic carbocycles. The van der Waals surface area contributed by atoms with E-state index in [9.17, 15) is 0 Å². The van der Waals surface area contributed by atoms with Crippen LogP contribution in [0.5, 0.6) is 0 Å². The first-order valence-electron chi connectivity index (χ1n) is 12.2. The number of piperidine rings is 1. The van der Waals surface area contributed by atoms with E-state index in [1.165, 1.54) is 5.57 Å². The van der Waals surface area contributed by atoms with Crippen LogP contribution in [0.3, 0.4) is 0 Å². The Morgan fingerprint density at radius 2 is 1.94 bits per heavy atom. The molecule has 34 heavy (non-hydrogen) atoms. The highest BCUT2D eigenvalue weighted by molar-refractivity contribution is 5.82. The molecule has 3 aromatic rings. The summed E-state index contributed by atoms with van der Waals surface area (Å²) in [4.78, 5) is 8.08. The minimum Gasteiger partial charge on any atom is -0.357 e. The number of nitrogens with one attached hydrogen (secondary N) is 3. The van der Waals surface area contributed by atoms with Crippen molar-refractivity contribution in [2.75, 3.05) is 13.1 Å². The molecule has 5 nitrogen and oxygen atoms in total. The lowest BCUT2D eigenvalue weighted by atomic mass is 9.90. The molecule has 0 aliphatic carbocycles. The van der Waals surface area contributed by atoms with Crippen LogP contribution in [0.15, 0.2) is 61.3 Å². The lowest BCUT2D eigenvalue weighted by molar-refractivity contribution is 0.428. The number of pyridine rings is 1. The number of hydrogen-bond donors (Lipinski definition) is 3. The molecule has 0 atom stereocenters. The second-order valence-corrected chi connectivity index (χ2v) is 8.18.